The van der Waals surface area contributed by atoms with Crippen LogP contribution in [0.15, 0.2) is 29.2 Å². The standard InChI is InChI=1S/C11H16OS2/c1-2-13-6-7-14-11-5-3-4-10(8-11)9-12/h3-5,8,12H,2,6-7,9H2,1H3. The van der Waals surface area contributed by atoms with Crippen LogP contribution >= 0.6 is 23.5 Å². The summed E-state index contributed by atoms with van der Waals surface area (Å²) in [5.74, 6) is 3.54. The molecular formula is C11H16OS2. The SMILES string of the molecule is CCSCCSc1cccc(CO)c1. The lowest BCUT2D eigenvalue weighted by Crippen LogP contribution is -1.86. The molecule has 1 nitrogen and oxygen atoms in total. The molecule has 0 aliphatic rings. The van der Waals surface area contributed by atoms with Gasteiger partial charge in [0.05, 0.1) is 6.61 Å². The van der Waals surface area contributed by atoms with E-state index in [0.717, 1.165) is 11.3 Å². The molecule has 0 amide bonds. The zero-order valence-corrected chi connectivity index (χ0v) is 10.0. The van der Waals surface area contributed by atoms with E-state index in [1.165, 1.54) is 16.4 Å². The quantitative estimate of drug-likeness (QED) is 0.597. The first-order valence-electron chi connectivity index (χ1n) is 4.77. The van der Waals surface area contributed by atoms with Gasteiger partial charge in [0.15, 0.2) is 0 Å². The molecule has 0 unspecified atom stereocenters. The van der Waals surface area contributed by atoms with Crippen LogP contribution in [0.2, 0.25) is 0 Å². The summed E-state index contributed by atoms with van der Waals surface area (Å²) in [6, 6.07) is 8.10. The molecule has 1 rings (SSSR count). The Morgan fingerprint density at radius 3 is 2.86 bits per heavy atom. The van der Waals surface area contributed by atoms with Crippen LogP contribution in [0.1, 0.15) is 12.5 Å². The van der Waals surface area contributed by atoms with Gasteiger partial charge >= 0.3 is 0 Å². The van der Waals surface area contributed by atoms with Gasteiger partial charge in [-0.3, -0.25) is 0 Å². The fourth-order valence-corrected chi connectivity index (χ4v) is 2.84. The van der Waals surface area contributed by atoms with Gasteiger partial charge in [-0.05, 0) is 23.4 Å². The molecule has 0 bridgehead atoms. The maximum absolute atomic E-state index is 8.96. The molecule has 0 radical (unpaired) electrons. The Balaban J connectivity index is 2.34. The van der Waals surface area contributed by atoms with Crippen LogP contribution in [0.5, 0.6) is 0 Å². The molecule has 0 saturated carbocycles. The summed E-state index contributed by atoms with van der Waals surface area (Å²) < 4.78 is 0. The third kappa shape index (κ3) is 4.40. The fourth-order valence-electron chi connectivity index (χ4n) is 1.10. The van der Waals surface area contributed by atoms with Crippen molar-refractivity contribution in [1.82, 2.24) is 0 Å². The minimum absolute atomic E-state index is 0.137. The van der Waals surface area contributed by atoms with E-state index < -0.39 is 0 Å². The normalized spacial score (nSPS) is 10.4. The third-order valence-corrected chi connectivity index (χ3v) is 3.94. The Hall–Kier alpha value is -0.120. The molecular weight excluding hydrogens is 212 g/mol. The largest absolute Gasteiger partial charge is 0.392 e. The van der Waals surface area contributed by atoms with Gasteiger partial charge in [-0.2, -0.15) is 11.8 Å². The number of benzene rings is 1. The number of aliphatic hydroxyl groups is 1. The molecule has 0 fully saturated rings. The summed E-state index contributed by atoms with van der Waals surface area (Å²) in [5.41, 5.74) is 0.998. The first-order chi connectivity index (χ1) is 6.86. The molecule has 1 aromatic carbocycles. The highest BCUT2D eigenvalue weighted by atomic mass is 32.2. The number of aliphatic hydroxyl groups excluding tert-OH is 1. The maximum Gasteiger partial charge on any atom is 0.0682 e. The Morgan fingerprint density at radius 2 is 2.14 bits per heavy atom. The summed E-state index contributed by atoms with van der Waals surface area (Å²) in [6.07, 6.45) is 0. The number of rotatable bonds is 6. The molecule has 0 saturated heterocycles. The number of thioether (sulfide) groups is 2. The van der Waals surface area contributed by atoms with Crippen molar-refractivity contribution in [2.45, 2.75) is 18.4 Å². The van der Waals surface area contributed by atoms with Crippen molar-refractivity contribution < 1.29 is 5.11 Å². The molecule has 1 N–H and O–H groups in total. The second-order valence-electron chi connectivity index (χ2n) is 2.85. The molecule has 0 aliphatic carbocycles. The highest BCUT2D eigenvalue weighted by molar-refractivity contribution is 8.02. The summed E-state index contributed by atoms with van der Waals surface area (Å²) in [7, 11) is 0. The summed E-state index contributed by atoms with van der Waals surface area (Å²) >= 11 is 3.83. The van der Waals surface area contributed by atoms with Gasteiger partial charge in [-0.25, -0.2) is 0 Å². The monoisotopic (exact) mass is 228 g/mol. The van der Waals surface area contributed by atoms with Crippen LogP contribution in [0, 0.1) is 0 Å². The van der Waals surface area contributed by atoms with Crippen molar-refractivity contribution in [3.05, 3.63) is 29.8 Å². The lowest BCUT2D eigenvalue weighted by Gasteiger charge is -2.02. The summed E-state index contributed by atoms with van der Waals surface area (Å²) in [5, 5.41) is 8.96. The number of hydrogen-bond donors (Lipinski definition) is 1. The fraction of sp³-hybridized carbons (Fsp3) is 0.455. The van der Waals surface area contributed by atoms with Gasteiger partial charge < -0.3 is 5.11 Å². The van der Waals surface area contributed by atoms with E-state index in [2.05, 4.69) is 19.1 Å². The van der Waals surface area contributed by atoms with Crippen LogP contribution in [-0.2, 0) is 6.61 Å². The van der Waals surface area contributed by atoms with Gasteiger partial charge in [0.1, 0.15) is 0 Å². The van der Waals surface area contributed by atoms with Crippen molar-refractivity contribution in [2.24, 2.45) is 0 Å². The molecule has 3 heteroatoms. The second kappa shape index (κ2) is 7.21. The molecule has 0 aliphatic heterocycles. The van der Waals surface area contributed by atoms with Crippen LogP contribution in [-0.4, -0.2) is 22.4 Å². The van der Waals surface area contributed by atoms with Crippen molar-refractivity contribution in [3.8, 4) is 0 Å². The maximum atomic E-state index is 8.96. The van der Waals surface area contributed by atoms with E-state index in [1.807, 2.05) is 35.7 Å². The Bertz CT molecular complexity index is 263. The van der Waals surface area contributed by atoms with Gasteiger partial charge in [-0.1, -0.05) is 19.1 Å². The van der Waals surface area contributed by atoms with Crippen molar-refractivity contribution in [2.75, 3.05) is 17.3 Å². The third-order valence-electron chi connectivity index (χ3n) is 1.78. The Kier molecular flexibility index (Phi) is 6.15. The van der Waals surface area contributed by atoms with Crippen molar-refractivity contribution in [1.29, 1.82) is 0 Å². The predicted octanol–water partition coefficient (Wildman–Crippen LogP) is 3.02. The zero-order chi connectivity index (χ0) is 10.2. The average Bonchev–Trinajstić information content (AvgIpc) is 2.25. The topological polar surface area (TPSA) is 20.2 Å². The average molecular weight is 228 g/mol. The van der Waals surface area contributed by atoms with Gasteiger partial charge in [0.25, 0.3) is 0 Å². The van der Waals surface area contributed by atoms with E-state index in [4.69, 9.17) is 5.11 Å². The minimum atomic E-state index is 0.137. The molecule has 14 heavy (non-hydrogen) atoms. The highest BCUT2D eigenvalue weighted by Gasteiger charge is 1.95. The first kappa shape index (κ1) is 12.0. The molecule has 0 spiro atoms. The zero-order valence-electron chi connectivity index (χ0n) is 8.40. The first-order valence-corrected chi connectivity index (χ1v) is 6.91. The lowest BCUT2D eigenvalue weighted by atomic mass is 10.2. The van der Waals surface area contributed by atoms with Crippen LogP contribution in [0.4, 0.5) is 0 Å². The Labute approximate surface area is 94.3 Å². The van der Waals surface area contributed by atoms with Crippen LogP contribution in [0.3, 0.4) is 0 Å². The smallest absolute Gasteiger partial charge is 0.0682 e. The number of hydrogen-bond acceptors (Lipinski definition) is 3. The molecule has 0 atom stereocenters. The van der Waals surface area contributed by atoms with Crippen molar-refractivity contribution in [3.63, 3.8) is 0 Å². The summed E-state index contributed by atoms with van der Waals surface area (Å²) in [4.78, 5) is 1.26. The van der Waals surface area contributed by atoms with Gasteiger partial charge in [0, 0.05) is 16.4 Å². The predicted molar refractivity (Wildman–Crippen MR) is 66.1 cm³/mol. The highest BCUT2D eigenvalue weighted by Crippen LogP contribution is 2.20. The van der Waals surface area contributed by atoms with E-state index in [9.17, 15) is 0 Å². The van der Waals surface area contributed by atoms with Crippen molar-refractivity contribution >= 4 is 23.5 Å². The molecule has 0 heterocycles. The van der Waals surface area contributed by atoms with Crippen LogP contribution < -0.4 is 0 Å². The van der Waals surface area contributed by atoms with Crippen LogP contribution in [0.25, 0.3) is 0 Å². The summed E-state index contributed by atoms with van der Waals surface area (Å²) in [6.45, 7) is 2.32. The van der Waals surface area contributed by atoms with E-state index in [-0.39, 0.29) is 6.61 Å². The molecule has 78 valence electrons. The van der Waals surface area contributed by atoms with Gasteiger partial charge in [0.2, 0.25) is 0 Å². The Morgan fingerprint density at radius 1 is 1.29 bits per heavy atom. The van der Waals surface area contributed by atoms with E-state index in [0.29, 0.717) is 0 Å². The van der Waals surface area contributed by atoms with E-state index >= 15 is 0 Å². The molecule has 0 aromatic heterocycles. The second-order valence-corrected chi connectivity index (χ2v) is 5.41. The van der Waals surface area contributed by atoms with Gasteiger partial charge in [-0.15, -0.1) is 11.8 Å². The van der Waals surface area contributed by atoms with E-state index in [1.54, 1.807) is 0 Å². The molecule has 1 aromatic rings. The lowest BCUT2D eigenvalue weighted by molar-refractivity contribution is 0.281. The minimum Gasteiger partial charge on any atom is -0.392 e.